The van der Waals surface area contributed by atoms with Gasteiger partial charge >= 0.3 is 6.03 Å². The van der Waals surface area contributed by atoms with E-state index < -0.39 is 11.6 Å². The molecule has 2 unspecified atom stereocenters. The number of hydrogen-bond donors (Lipinski definition) is 2. The van der Waals surface area contributed by atoms with Gasteiger partial charge in [0.05, 0.1) is 0 Å². The number of likely N-dealkylation sites (N-methyl/N-ethyl adjacent to an activating group) is 1. The fraction of sp³-hybridized carbons (Fsp3) is 0.833. The Balaban J connectivity index is 1.40. The number of urea groups is 1. The number of piperidine rings is 1. The maximum absolute atomic E-state index is 12.8. The summed E-state index contributed by atoms with van der Waals surface area (Å²) in [6.07, 6.45) is 8.66. The Hall–Kier alpha value is -1.63. The lowest BCUT2D eigenvalue weighted by molar-refractivity contribution is -0.140. The first-order valence-electron chi connectivity index (χ1n) is 9.64. The maximum Gasteiger partial charge on any atom is 0.325 e. The Labute approximate surface area is 148 Å². The van der Waals surface area contributed by atoms with Crippen LogP contribution in [0.3, 0.4) is 0 Å². The molecule has 7 nitrogen and oxygen atoms in total. The number of carbonyl (C=O) groups excluding carboxylic acids is 3. The zero-order valence-electron chi connectivity index (χ0n) is 14.9. The molecule has 1 spiro atoms. The molecule has 4 rings (SSSR count). The molecule has 0 aromatic heterocycles. The van der Waals surface area contributed by atoms with Crippen molar-refractivity contribution in [3.63, 3.8) is 0 Å². The highest BCUT2D eigenvalue weighted by Crippen LogP contribution is 2.34. The van der Waals surface area contributed by atoms with Crippen LogP contribution in [0, 0.1) is 0 Å². The number of carbonyl (C=O) groups is 3. The van der Waals surface area contributed by atoms with Crippen molar-refractivity contribution < 1.29 is 14.4 Å². The Morgan fingerprint density at radius 1 is 1.16 bits per heavy atom. The van der Waals surface area contributed by atoms with E-state index in [4.69, 9.17) is 0 Å². The molecule has 3 aliphatic heterocycles. The van der Waals surface area contributed by atoms with Crippen molar-refractivity contribution in [1.29, 1.82) is 0 Å². The van der Waals surface area contributed by atoms with Crippen molar-refractivity contribution in [3.8, 4) is 0 Å². The number of nitrogens with one attached hydrogen (secondary N) is 2. The zero-order chi connectivity index (χ0) is 17.6. The molecule has 138 valence electrons. The van der Waals surface area contributed by atoms with Crippen molar-refractivity contribution >= 4 is 17.8 Å². The van der Waals surface area contributed by atoms with Gasteiger partial charge in [-0.2, -0.15) is 0 Å². The van der Waals surface area contributed by atoms with E-state index in [2.05, 4.69) is 10.6 Å². The van der Waals surface area contributed by atoms with Crippen molar-refractivity contribution in [2.24, 2.45) is 0 Å². The van der Waals surface area contributed by atoms with Crippen LogP contribution in [0.15, 0.2) is 0 Å². The average Bonchev–Trinajstić information content (AvgIpc) is 3.06. The smallest absolute Gasteiger partial charge is 0.325 e. The van der Waals surface area contributed by atoms with E-state index in [1.165, 1.54) is 12.8 Å². The summed E-state index contributed by atoms with van der Waals surface area (Å²) in [6.45, 7) is -0.137. The second kappa shape index (κ2) is 6.27. The molecule has 2 bridgehead atoms. The first kappa shape index (κ1) is 16.8. The molecular weight excluding hydrogens is 320 g/mol. The quantitative estimate of drug-likeness (QED) is 0.745. The van der Waals surface area contributed by atoms with E-state index in [-0.39, 0.29) is 24.4 Å². The van der Waals surface area contributed by atoms with Crippen molar-refractivity contribution in [1.82, 2.24) is 20.4 Å². The Morgan fingerprint density at radius 3 is 2.44 bits per heavy atom. The molecule has 4 aliphatic rings. The SMILES string of the molecule is CN(C(=O)CN1C(=O)NC2(CCCCC2)C1=O)C1CC2CCC(C1)N2. The fourth-order valence-electron chi connectivity index (χ4n) is 5.11. The van der Waals surface area contributed by atoms with Gasteiger partial charge in [0.25, 0.3) is 5.91 Å². The molecule has 0 aromatic rings. The monoisotopic (exact) mass is 348 g/mol. The number of rotatable bonds is 3. The first-order chi connectivity index (χ1) is 12.0. The molecule has 1 saturated carbocycles. The molecular formula is C18H28N4O3. The number of imide groups is 1. The number of hydrogen-bond acceptors (Lipinski definition) is 4. The summed E-state index contributed by atoms with van der Waals surface area (Å²) in [6, 6.07) is 0.803. The highest BCUT2D eigenvalue weighted by atomic mass is 16.2. The fourth-order valence-corrected chi connectivity index (χ4v) is 5.11. The van der Waals surface area contributed by atoms with Crippen LogP contribution < -0.4 is 10.6 Å². The summed E-state index contributed by atoms with van der Waals surface area (Å²) in [7, 11) is 1.81. The summed E-state index contributed by atoms with van der Waals surface area (Å²) < 4.78 is 0. The first-order valence-corrected chi connectivity index (χ1v) is 9.64. The van der Waals surface area contributed by atoms with Gasteiger partial charge in [-0.3, -0.25) is 14.5 Å². The van der Waals surface area contributed by atoms with Crippen LogP contribution in [0.1, 0.15) is 57.8 Å². The number of amides is 4. The van der Waals surface area contributed by atoms with Gasteiger partial charge in [-0.1, -0.05) is 19.3 Å². The predicted octanol–water partition coefficient (Wildman–Crippen LogP) is 0.982. The van der Waals surface area contributed by atoms with Crippen LogP contribution in [0.25, 0.3) is 0 Å². The predicted molar refractivity (Wildman–Crippen MR) is 91.8 cm³/mol. The van der Waals surface area contributed by atoms with Gasteiger partial charge in [0.2, 0.25) is 5.91 Å². The Bertz CT molecular complexity index is 575. The summed E-state index contributed by atoms with van der Waals surface area (Å²) in [5.41, 5.74) is -0.748. The van der Waals surface area contributed by atoms with Gasteiger partial charge in [-0.05, 0) is 38.5 Å². The van der Waals surface area contributed by atoms with E-state index >= 15 is 0 Å². The van der Waals surface area contributed by atoms with E-state index in [0.29, 0.717) is 24.9 Å². The van der Waals surface area contributed by atoms with Gasteiger partial charge in [-0.25, -0.2) is 4.79 Å². The van der Waals surface area contributed by atoms with E-state index in [0.717, 1.165) is 37.0 Å². The van der Waals surface area contributed by atoms with E-state index in [1.807, 2.05) is 7.05 Å². The summed E-state index contributed by atoms with van der Waals surface area (Å²) in [5, 5.41) is 6.45. The summed E-state index contributed by atoms with van der Waals surface area (Å²) in [4.78, 5) is 40.8. The topological polar surface area (TPSA) is 81.8 Å². The molecule has 7 heteroatoms. The molecule has 0 radical (unpaired) electrons. The maximum atomic E-state index is 12.8. The normalized spacial score (nSPS) is 33.6. The largest absolute Gasteiger partial charge is 0.341 e. The van der Waals surface area contributed by atoms with Gasteiger partial charge in [0, 0.05) is 25.2 Å². The lowest BCUT2D eigenvalue weighted by Crippen LogP contribution is -2.52. The Kier molecular flexibility index (Phi) is 4.22. The molecule has 4 fully saturated rings. The third-order valence-corrected chi connectivity index (χ3v) is 6.64. The van der Waals surface area contributed by atoms with Crippen molar-refractivity contribution in [2.75, 3.05) is 13.6 Å². The van der Waals surface area contributed by atoms with Crippen LogP contribution in [0.2, 0.25) is 0 Å². The van der Waals surface area contributed by atoms with Crippen LogP contribution in [-0.2, 0) is 9.59 Å². The van der Waals surface area contributed by atoms with Crippen molar-refractivity contribution in [2.45, 2.75) is 81.5 Å². The highest BCUT2D eigenvalue weighted by Gasteiger charge is 2.52. The zero-order valence-corrected chi connectivity index (χ0v) is 14.9. The van der Waals surface area contributed by atoms with Crippen LogP contribution >= 0.6 is 0 Å². The standard InChI is InChI=1S/C18H28N4O3/c1-21(14-9-12-5-6-13(10-14)19-12)15(23)11-22-16(24)18(20-17(22)25)7-3-2-4-8-18/h12-14,19H,2-11H2,1H3,(H,20,25). The van der Waals surface area contributed by atoms with Gasteiger partial charge in [-0.15, -0.1) is 0 Å². The second-order valence-electron chi connectivity index (χ2n) is 8.23. The Morgan fingerprint density at radius 2 is 1.80 bits per heavy atom. The molecule has 3 saturated heterocycles. The molecule has 3 heterocycles. The minimum absolute atomic E-state index is 0.136. The van der Waals surface area contributed by atoms with Crippen LogP contribution in [0.5, 0.6) is 0 Å². The minimum atomic E-state index is -0.748. The highest BCUT2D eigenvalue weighted by molar-refractivity contribution is 6.09. The molecule has 4 amide bonds. The lowest BCUT2D eigenvalue weighted by atomic mass is 9.82. The molecule has 2 N–H and O–H groups in total. The third-order valence-electron chi connectivity index (χ3n) is 6.64. The molecule has 2 atom stereocenters. The summed E-state index contributed by atoms with van der Waals surface area (Å²) >= 11 is 0. The summed E-state index contributed by atoms with van der Waals surface area (Å²) in [5.74, 6) is -0.341. The van der Waals surface area contributed by atoms with Gasteiger partial charge in [0.15, 0.2) is 0 Å². The lowest BCUT2D eigenvalue weighted by Gasteiger charge is -2.36. The minimum Gasteiger partial charge on any atom is -0.341 e. The average molecular weight is 348 g/mol. The van der Waals surface area contributed by atoms with E-state index in [1.54, 1.807) is 4.90 Å². The van der Waals surface area contributed by atoms with Gasteiger partial charge in [0.1, 0.15) is 12.1 Å². The second-order valence-corrected chi connectivity index (χ2v) is 8.23. The van der Waals surface area contributed by atoms with Crippen molar-refractivity contribution in [3.05, 3.63) is 0 Å². The number of fused-ring (bicyclic) bond motifs is 2. The third kappa shape index (κ3) is 2.92. The van der Waals surface area contributed by atoms with E-state index in [9.17, 15) is 14.4 Å². The molecule has 1 aliphatic carbocycles. The van der Waals surface area contributed by atoms with Crippen LogP contribution in [-0.4, -0.2) is 64.9 Å². The van der Waals surface area contributed by atoms with Gasteiger partial charge < -0.3 is 15.5 Å². The molecule has 25 heavy (non-hydrogen) atoms. The molecule has 0 aromatic carbocycles. The van der Waals surface area contributed by atoms with Crippen LogP contribution in [0.4, 0.5) is 4.79 Å². The number of nitrogens with zero attached hydrogens (tertiary/aromatic N) is 2.